The number of aromatic amines is 1. The number of nitrogens with zero attached hydrogens (tertiary/aromatic N) is 1. The lowest BCUT2D eigenvalue weighted by Gasteiger charge is -2.24. The molecule has 0 spiro atoms. The smallest absolute Gasteiger partial charge is 0.314 e. The second-order valence-electron chi connectivity index (χ2n) is 5.12. The number of carboxylic acids is 1. The van der Waals surface area contributed by atoms with Gasteiger partial charge in [0, 0.05) is 0 Å². The van der Waals surface area contributed by atoms with Crippen LogP contribution in [0.25, 0.3) is 11.0 Å². The zero-order valence-electron chi connectivity index (χ0n) is 10.4. The third kappa shape index (κ3) is 1.45. The number of fused-ring (bicyclic) bond motifs is 1. The number of aliphatic carboxylic acids is 1. The van der Waals surface area contributed by atoms with E-state index in [4.69, 9.17) is 0 Å². The van der Waals surface area contributed by atoms with Gasteiger partial charge in [0.25, 0.3) is 0 Å². The van der Waals surface area contributed by atoms with Gasteiger partial charge in [-0.2, -0.15) is 0 Å². The van der Waals surface area contributed by atoms with Crippen LogP contribution in [0.15, 0.2) is 18.2 Å². The zero-order chi connectivity index (χ0) is 12.8. The maximum atomic E-state index is 11.7. The van der Waals surface area contributed by atoms with Crippen molar-refractivity contribution in [2.75, 3.05) is 0 Å². The normalized spacial score (nSPS) is 18.3. The van der Waals surface area contributed by atoms with Crippen LogP contribution < -0.4 is 0 Å². The second kappa shape index (κ2) is 3.83. The molecule has 4 nitrogen and oxygen atoms in total. The number of rotatable bonds is 2. The Labute approximate surface area is 105 Å². The summed E-state index contributed by atoms with van der Waals surface area (Å²) in [5, 5.41) is 9.65. The Kier molecular flexibility index (Phi) is 2.40. The van der Waals surface area contributed by atoms with Crippen molar-refractivity contribution >= 4 is 17.0 Å². The molecule has 2 N–H and O–H groups in total. The topological polar surface area (TPSA) is 66.0 Å². The Morgan fingerprint density at radius 3 is 2.78 bits per heavy atom. The molecule has 1 heterocycles. The van der Waals surface area contributed by atoms with Crippen LogP contribution in [0.1, 0.15) is 37.1 Å². The maximum Gasteiger partial charge on any atom is 0.314 e. The highest BCUT2D eigenvalue weighted by Crippen LogP contribution is 2.43. The molecule has 0 unspecified atom stereocenters. The summed E-state index contributed by atoms with van der Waals surface area (Å²) in [7, 11) is 0. The third-order valence-electron chi connectivity index (χ3n) is 4.01. The highest BCUT2D eigenvalue weighted by Gasteiger charge is 2.44. The van der Waals surface area contributed by atoms with Gasteiger partial charge >= 0.3 is 5.97 Å². The molecule has 1 fully saturated rings. The molecule has 0 radical (unpaired) electrons. The Morgan fingerprint density at radius 2 is 2.11 bits per heavy atom. The Balaban J connectivity index is 2.26. The number of hydrogen-bond donors (Lipinski definition) is 2. The number of nitrogens with one attached hydrogen (secondary N) is 1. The largest absolute Gasteiger partial charge is 0.481 e. The highest BCUT2D eigenvalue weighted by molar-refractivity contribution is 5.90. The monoisotopic (exact) mass is 244 g/mol. The van der Waals surface area contributed by atoms with E-state index in [1.165, 1.54) is 0 Å². The summed E-state index contributed by atoms with van der Waals surface area (Å²) in [5.74, 6) is 0.115. The molecule has 3 rings (SSSR count). The molecule has 0 bridgehead atoms. The fourth-order valence-corrected chi connectivity index (χ4v) is 3.12. The summed E-state index contributed by atoms with van der Waals surface area (Å²) >= 11 is 0. The van der Waals surface area contributed by atoms with Gasteiger partial charge in [0.2, 0.25) is 0 Å². The number of para-hydroxylation sites is 1. The molecule has 0 atom stereocenters. The van der Waals surface area contributed by atoms with Gasteiger partial charge in [-0.3, -0.25) is 4.79 Å². The molecule has 0 saturated heterocycles. The standard InChI is InChI=1S/C14H16N2O2/c1-9-15-11-6-4-5-10(12(11)16-9)14(13(17)18)7-2-3-8-14/h4-6H,2-3,7-8H2,1H3,(H,15,16)(H,17,18). The van der Waals surface area contributed by atoms with E-state index >= 15 is 0 Å². The summed E-state index contributed by atoms with van der Waals surface area (Å²) in [5.41, 5.74) is 1.88. The minimum atomic E-state index is -0.735. The van der Waals surface area contributed by atoms with E-state index < -0.39 is 11.4 Å². The Hall–Kier alpha value is -1.84. The summed E-state index contributed by atoms with van der Waals surface area (Å²) in [6, 6.07) is 5.78. The predicted molar refractivity (Wildman–Crippen MR) is 68.6 cm³/mol. The van der Waals surface area contributed by atoms with Crippen LogP contribution in [0.3, 0.4) is 0 Å². The zero-order valence-corrected chi connectivity index (χ0v) is 10.4. The lowest BCUT2D eigenvalue weighted by Crippen LogP contribution is -2.32. The average Bonchev–Trinajstić information content (AvgIpc) is 2.93. The summed E-state index contributed by atoms with van der Waals surface area (Å²) in [4.78, 5) is 19.4. The molecule has 18 heavy (non-hydrogen) atoms. The number of benzene rings is 1. The molecule has 1 aromatic carbocycles. The molecular formula is C14H16N2O2. The molecule has 0 aliphatic heterocycles. The lowest BCUT2D eigenvalue weighted by atomic mass is 9.78. The summed E-state index contributed by atoms with van der Waals surface area (Å²) < 4.78 is 0. The van der Waals surface area contributed by atoms with E-state index in [1.54, 1.807) is 0 Å². The first-order chi connectivity index (χ1) is 8.63. The quantitative estimate of drug-likeness (QED) is 0.853. The minimum Gasteiger partial charge on any atom is -0.481 e. The fraction of sp³-hybridized carbons (Fsp3) is 0.429. The maximum absolute atomic E-state index is 11.7. The van der Waals surface area contributed by atoms with E-state index in [0.29, 0.717) is 12.8 Å². The predicted octanol–water partition coefficient (Wildman–Crippen LogP) is 2.77. The Bertz CT molecular complexity index is 609. The third-order valence-corrected chi connectivity index (χ3v) is 4.01. The van der Waals surface area contributed by atoms with Gasteiger partial charge in [0.15, 0.2) is 0 Å². The van der Waals surface area contributed by atoms with Crippen LogP contribution in [0.2, 0.25) is 0 Å². The van der Waals surface area contributed by atoms with Crippen molar-refractivity contribution in [2.24, 2.45) is 0 Å². The minimum absolute atomic E-state index is 0.715. The van der Waals surface area contributed by atoms with Crippen molar-refractivity contribution in [1.82, 2.24) is 9.97 Å². The van der Waals surface area contributed by atoms with Crippen LogP contribution in [-0.2, 0) is 10.2 Å². The molecule has 1 aromatic heterocycles. The number of carbonyl (C=O) groups is 1. The van der Waals surface area contributed by atoms with Gasteiger partial charge in [0.05, 0.1) is 16.4 Å². The van der Waals surface area contributed by atoms with Gasteiger partial charge in [-0.25, -0.2) is 4.98 Å². The van der Waals surface area contributed by atoms with Gasteiger partial charge in [-0.1, -0.05) is 25.0 Å². The van der Waals surface area contributed by atoms with Gasteiger partial charge in [-0.15, -0.1) is 0 Å². The number of hydrogen-bond acceptors (Lipinski definition) is 2. The van der Waals surface area contributed by atoms with Crippen LogP contribution in [0.5, 0.6) is 0 Å². The first-order valence-corrected chi connectivity index (χ1v) is 6.33. The van der Waals surface area contributed by atoms with Crippen molar-refractivity contribution in [3.05, 3.63) is 29.6 Å². The number of H-pyrrole nitrogens is 1. The number of carboxylic acid groups (broad SMARTS) is 1. The fourth-order valence-electron chi connectivity index (χ4n) is 3.12. The average molecular weight is 244 g/mol. The van der Waals surface area contributed by atoms with Crippen molar-refractivity contribution in [3.8, 4) is 0 Å². The number of aromatic nitrogens is 2. The molecule has 4 heteroatoms. The van der Waals surface area contributed by atoms with Crippen molar-refractivity contribution in [3.63, 3.8) is 0 Å². The molecule has 2 aromatic rings. The molecule has 0 amide bonds. The number of imidazole rings is 1. The van der Waals surface area contributed by atoms with Crippen LogP contribution in [0, 0.1) is 6.92 Å². The SMILES string of the molecule is Cc1nc2c(C3(C(=O)O)CCCC3)cccc2[nH]1. The first-order valence-electron chi connectivity index (χ1n) is 6.33. The van der Waals surface area contributed by atoms with Crippen molar-refractivity contribution in [1.29, 1.82) is 0 Å². The molecule has 1 saturated carbocycles. The van der Waals surface area contributed by atoms with Crippen LogP contribution in [0.4, 0.5) is 0 Å². The molecule has 1 aliphatic carbocycles. The van der Waals surface area contributed by atoms with E-state index in [-0.39, 0.29) is 0 Å². The molecule has 1 aliphatic rings. The van der Waals surface area contributed by atoms with E-state index in [2.05, 4.69) is 9.97 Å². The second-order valence-corrected chi connectivity index (χ2v) is 5.12. The van der Waals surface area contributed by atoms with Gasteiger partial charge in [0.1, 0.15) is 5.82 Å². The van der Waals surface area contributed by atoms with Crippen LogP contribution in [-0.4, -0.2) is 21.0 Å². The van der Waals surface area contributed by atoms with Crippen molar-refractivity contribution < 1.29 is 9.90 Å². The summed E-state index contributed by atoms with van der Waals surface area (Å²) in [6.07, 6.45) is 3.39. The van der Waals surface area contributed by atoms with Gasteiger partial charge < -0.3 is 10.1 Å². The van der Waals surface area contributed by atoms with Gasteiger partial charge in [-0.05, 0) is 31.4 Å². The summed E-state index contributed by atoms with van der Waals surface area (Å²) in [6.45, 7) is 1.89. The van der Waals surface area contributed by atoms with E-state index in [1.807, 2.05) is 25.1 Å². The number of aryl methyl sites for hydroxylation is 1. The van der Waals surface area contributed by atoms with Crippen LogP contribution >= 0.6 is 0 Å². The lowest BCUT2D eigenvalue weighted by molar-refractivity contribution is -0.143. The highest BCUT2D eigenvalue weighted by atomic mass is 16.4. The van der Waals surface area contributed by atoms with Crippen molar-refractivity contribution in [2.45, 2.75) is 38.0 Å². The Morgan fingerprint density at radius 1 is 1.39 bits per heavy atom. The molecular weight excluding hydrogens is 228 g/mol. The first kappa shape index (κ1) is 11.3. The van der Waals surface area contributed by atoms with E-state index in [0.717, 1.165) is 35.3 Å². The molecule has 94 valence electrons. The van der Waals surface area contributed by atoms with E-state index in [9.17, 15) is 9.90 Å².